The topological polar surface area (TPSA) is 98.7 Å². The van der Waals surface area contributed by atoms with Crippen LogP contribution in [0.2, 0.25) is 0 Å². The maximum atomic E-state index is 13.4. The number of carbonyl (C=O) groups is 3. The number of hydrogen-bond donors (Lipinski definition) is 3. The molecular formula is C21H29N3O4S2. The Morgan fingerprint density at radius 2 is 2.00 bits per heavy atom. The summed E-state index contributed by atoms with van der Waals surface area (Å²) in [5.41, 5.74) is 1.57. The molecule has 0 saturated carbocycles. The third kappa shape index (κ3) is 4.33. The van der Waals surface area contributed by atoms with Crippen molar-refractivity contribution in [2.45, 2.75) is 55.4 Å². The standard InChI is InChI=1S/C21H29N3O4S2/c1-12(11-25)22-17(26)15(9-10-29-4)23-18(27)16-21(2,3)30-20-14-8-6-5-7-13(14)19(28)24(16)20/h5-8,12,15-16,20,25H,9-11H2,1-4H3,(H,22,26)(H,23,27)/t12-,15-,16-,20+/m0/s1. The van der Waals surface area contributed by atoms with Crippen LogP contribution in [0.5, 0.6) is 0 Å². The first-order valence-corrected chi connectivity index (χ1v) is 12.3. The van der Waals surface area contributed by atoms with Gasteiger partial charge in [-0.25, -0.2) is 0 Å². The van der Waals surface area contributed by atoms with Crippen LogP contribution in [0, 0.1) is 0 Å². The third-order valence-corrected chi connectivity index (χ3v) is 7.63. The van der Waals surface area contributed by atoms with E-state index < -0.39 is 22.9 Å². The second kappa shape index (κ2) is 9.20. The molecule has 1 aromatic carbocycles. The molecule has 2 heterocycles. The normalized spacial score (nSPS) is 23.5. The zero-order valence-corrected chi connectivity index (χ0v) is 19.3. The Balaban J connectivity index is 1.82. The largest absolute Gasteiger partial charge is 0.394 e. The number of rotatable bonds is 8. The second-order valence-corrected chi connectivity index (χ2v) is 10.9. The minimum atomic E-state index is -0.723. The molecule has 4 atom stereocenters. The van der Waals surface area contributed by atoms with Gasteiger partial charge in [0, 0.05) is 16.4 Å². The van der Waals surface area contributed by atoms with Gasteiger partial charge in [-0.15, -0.1) is 11.8 Å². The fourth-order valence-electron chi connectivity index (χ4n) is 3.95. The molecule has 3 amide bonds. The SMILES string of the molecule is CSCC[C@H](NC(=O)[C@@H]1N2C(=O)c3ccccc3[C@H]2SC1(C)C)C(=O)N[C@@H](C)CO. The summed E-state index contributed by atoms with van der Waals surface area (Å²) in [4.78, 5) is 40.8. The lowest BCUT2D eigenvalue weighted by Gasteiger charge is -2.31. The van der Waals surface area contributed by atoms with Crippen molar-refractivity contribution in [1.82, 2.24) is 15.5 Å². The van der Waals surface area contributed by atoms with Crippen molar-refractivity contribution >= 4 is 41.2 Å². The van der Waals surface area contributed by atoms with Crippen molar-refractivity contribution in [2.75, 3.05) is 18.6 Å². The number of aliphatic hydroxyl groups excluding tert-OH is 1. The quantitative estimate of drug-likeness (QED) is 0.557. The highest BCUT2D eigenvalue weighted by molar-refractivity contribution is 8.01. The summed E-state index contributed by atoms with van der Waals surface area (Å²) in [7, 11) is 0. The Morgan fingerprint density at radius 1 is 1.30 bits per heavy atom. The number of nitrogens with one attached hydrogen (secondary N) is 2. The first-order chi connectivity index (χ1) is 14.2. The van der Waals surface area contributed by atoms with E-state index in [4.69, 9.17) is 0 Å². The van der Waals surface area contributed by atoms with Crippen LogP contribution < -0.4 is 10.6 Å². The van der Waals surface area contributed by atoms with Gasteiger partial charge in [0.05, 0.1) is 6.61 Å². The van der Waals surface area contributed by atoms with Gasteiger partial charge >= 0.3 is 0 Å². The van der Waals surface area contributed by atoms with E-state index in [1.54, 1.807) is 41.4 Å². The lowest BCUT2D eigenvalue weighted by atomic mass is 10.00. The zero-order chi connectivity index (χ0) is 22.1. The first kappa shape index (κ1) is 23.0. The van der Waals surface area contributed by atoms with E-state index in [1.807, 2.05) is 38.3 Å². The molecule has 0 radical (unpaired) electrons. The molecule has 9 heteroatoms. The van der Waals surface area contributed by atoms with E-state index in [0.29, 0.717) is 17.7 Å². The summed E-state index contributed by atoms with van der Waals surface area (Å²) in [6.45, 7) is 5.44. The molecule has 0 aliphatic carbocycles. The molecule has 1 fully saturated rings. The summed E-state index contributed by atoms with van der Waals surface area (Å²) >= 11 is 3.18. The maximum absolute atomic E-state index is 13.4. The molecule has 3 rings (SSSR count). The average Bonchev–Trinajstić information content (AvgIpc) is 3.14. The third-order valence-electron chi connectivity index (χ3n) is 5.45. The zero-order valence-electron chi connectivity index (χ0n) is 17.7. The summed E-state index contributed by atoms with van der Waals surface area (Å²) in [6.07, 6.45) is 2.41. The highest BCUT2D eigenvalue weighted by atomic mass is 32.2. The highest BCUT2D eigenvalue weighted by Gasteiger charge is 2.57. The van der Waals surface area contributed by atoms with Gasteiger partial charge in [-0.3, -0.25) is 14.4 Å². The number of carbonyl (C=O) groups excluding carboxylic acids is 3. The van der Waals surface area contributed by atoms with Gasteiger partial charge in [0.25, 0.3) is 5.91 Å². The molecule has 3 N–H and O–H groups in total. The predicted molar refractivity (Wildman–Crippen MR) is 120 cm³/mol. The molecule has 0 unspecified atom stereocenters. The molecule has 0 aromatic heterocycles. The number of thioether (sulfide) groups is 2. The second-order valence-electron chi connectivity index (χ2n) is 8.21. The number of amides is 3. The molecule has 0 spiro atoms. The van der Waals surface area contributed by atoms with Crippen molar-refractivity contribution in [1.29, 1.82) is 0 Å². The molecule has 164 valence electrons. The number of nitrogens with zero attached hydrogens (tertiary/aromatic N) is 1. The fraction of sp³-hybridized carbons (Fsp3) is 0.571. The molecule has 2 aliphatic rings. The van der Waals surface area contributed by atoms with Crippen LogP contribution in [0.25, 0.3) is 0 Å². The van der Waals surface area contributed by atoms with Crippen molar-refractivity contribution in [3.63, 3.8) is 0 Å². The average molecular weight is 452 g/mol. The highest BCUT2D eigenvalue weighted by Crippen LogP contribution is 2.56. The Kier molecular flexibility index (Phi) is 7.04. The van der Waals surface area contributed by atoms with Gasteiger partial charge < -0.3 is 20.6 Å². The van der Waals surface area contributed by atoms with E-state index >= 15 is 0 Å². The Bertz CT molecular complexity index is 832. The summed E-state index contributed by atoms with van der Waals surface area (Å²) in [6, 6.07) is 5.65. The minimum Gasteiger partial charge on any atom is -0.394 e. The Labute approximate surface area is 185 Å². The van der Waals surface area contributed by atoms with Gasteiger partial charge in [-0.1, -0.05) is 18.2 Å². The van der Waals surface area contributed by atoms with Crippen LogP contribution in [-0.2, 0) is 9.59 Å². The van der Waals surface area contributed by atoms with Gasteiger partial charge in [0.15, 0.2) is 0 Å². The van der Waals surface area contributed by atoms with Crippen molar-refractivity contribution in [2.24, 2.45) is 0 Å². The Hall–Kier alpha value is -1.71. The van der Waals surface area contributed by atoms with Crippen LogP contribution in [0.15, 0.2) is 24.3 Å². The fourth-order valence-corrected chi connectivity index (χ4v) is 6.01. The molecule has 1 aromatic rings. The minimum absolute atomic E-state index is 0.146. The van der Waals surface area contributed by atoms with E-state index in [0.717, 1.165) is 5.56 Å². The van der Waals surface area contributed by atoms with Crippen LogP contribution in [0.1, 0.15) is 48.5 Å². The monoisotopic (exact) mass is 451 g/mol. The molecule has 2 aliphatic heterocycles. The predicted octanol–water partition coefficient (Wildman–Crippen LogP) is 1.77. The van der Waals surface area contributed by atoms with Crippen molar-refractivity contribution < 1.29 is 19.5 Å². The maximum Gasteiger partial charge on any atom is 0.256 e. The van der Waals surface area contributed by atoms with Gasteiger partial charge in [0.2, 0.25) is 11.8 Å². The van der Waals surface area contributed by atoms with Crippen LogP contribution in [-0.4, -0.2) is 69.2 Å². The van der Waals surface area contributed by atoms with Crippen LogP contribution >= 0.6 is 23.5 Å². The first-order valence-electron chi connectivity index (χ1n) is 10.0. The van der Waals surface area contributed by atoms with E-state index in [1.165, 1.54) is 0 Å². The van der Waals surface area contributed by atoms with Crippen LogP contribution in [0.4, 0.5) is 0 Å². The number of aliphatic hydroxyl groups is 1. The van der Waals surface area contributed by atoms with Crippen LogP contribution in [0.3, 0.4) is 0 Å². The van der Waals surface area contributed by atoms with E-state index in [2.05, 4.69) is 10.6 Å². The molecule has 0 bridgehead atoms. The van der Waals surface area contributed by atoms with Crippen molar-refractivity contribution in [3.05, 3.63) is 35.4 Å². The lowest BCUT2D eigenvalue weighted by Crippen LogP contribution is -2.57. The number of fused-ring (bicyclic) bond motifs is 3. The summed E-state index contributed by atoms with van der Waals surface area (Å²) in [5, 5.41) is 14.6. The summed E-state index contributed by atoms with van der Waals surface area (Å²) in [5.74, 6) is -0.0947. The molecular weight excluding hydrogens is 422 g/mol. The molecule has 30 heavy (non-hydrogen) atoms. The Morgan fingerprint density at radius 3 is 2.67 bits per heavy atom. The van der Waals surface area contributed by atoms with Gasteiger partial charge in [-0.05, 0) is 50.8 Å². The van der Waals surface area contributed by atoms with Gasteiger partial charge in [-0.2, -0.15) is 11.8 Å². The smallest absolute Gasteiger partial charge is 0.256 e. The van der Waals surface area contributed by atoms with Crippen molar-refractivity contribution in [3.8, 4) is 0 Å². The van der Waals surface area contributed by atoms with E-state index in [-0.39, 0.29) is 29.7 Å². The molecule has 1 saturated heterocycles. The molecule has 7 nitrogen and oxygen atoms in total. The van der Waals surface area contributed by atoms with E-state index in [9.17, 15) is 19.5 Å². The number of hydrogen-bond acceptors (Lipinski definition) is 6. The lowest BCUT2D eigenvalue weighted by molar-refractivity contribution is -0.132. The number of benzene rings is 1. The summed E-state index contributed by atoms with van der Waals surface area (Å²) < 4.78 is -0.503. The van der Waals surface area contributed by atoms with Gasteiger partial charge in [0.1, 0.15) is 17.5 Å².